The zero-order chi connectivity index (χ0) is 19.6. The topological polar surface area (TPSA) is 62.6 Å². The van der Waals surface area contributed by atoms with Gasteiger partial charge >= 0.3 is 6.18 Å². The maximum Gasteiger partial charge on any atom is 0.421 e. The van der Waals surface area contributed by atoms with Crippen molar-refractivity contribution in [2.24, 2.45) is 5.92 Å². The summed E-state index contributed by atoms with van der Waals surface area (Å²) in [7, 11) is 0. The number of hydrogen-bond donors (Lipinski definition) is 0. The van der Waals surface area contributed by atoms with Crippen LogP contribution in [-0.4, -0.2) is 52.4 Å². The van der Waals surface area contributed by atoms with E-state index in [1.807, 2.05) is 4.90 Å². The monoisotopic (exact) mass is 385 g/mol. The summed E-state index contributed by atoms with van der Waals surface area (Å²) in [6.45, 7) is 1.88. The van der Waals surface area contributed by atoms with E-state index in [1.54, 1.807) is 0 Å². The van der Waals surface area contributed by atoms with Gasteiger partial charge in [-0.25, -0.2) is 0 Å². The van der Waals surface area contributed by atoms with Crippen molar-refractivity contribution in [3.05, 3.63) is 34.2 Å². The van der Waals surface area contributed by atoms with Crippen molar-refractivity contribution in [1.82, 2.24) is 14.4 Å². The number of halogens is 3. The Hall–Kier alpha value is -2.32. The fourth-order valence-corrected chi connectivity index (χ4v) is 3.69. The molecule has 0 radical (unpaired) electrons. The predicted octanol–water partition coefficient (Wildman–Crippen LogP) is 1.73. The maximum atomic E-state index is 12.8. The van der Waals surface area contributed by atoms with Crippen molar-refractivity contribution >= 4 is 11.8 Å². The van der Waals surface area contributed by atoms with Crippen molar-refractivity contribution < 1.29 is 22.8 Å². The van der Waals surface area contributed by atoms with Crippen molar-refractivity contribution in [2.75, 3.05) is 26.2 Å². The summed E-state index contributed by atoms with van der Waals surface area (Å²) in [5, 5.41) is 0. The molecule has 148 valence electrons. The molecule has 9 heteroatoms. The fourth-order valence-electron chi connectivity index (χ4n) is 3.69. The Labute approximate surface area is 154 Å². The lowest BCUT2D eigenvalue weighted by molar-refractivity contribution is -0.141. The number of hydrogen-bond acceptors (Lipinski definition) is 3. The van der Waals surface area contributed by atoms with Gasteiger partial charge in [-0.2, -0.15) is 13.2 Å². The Kier molecular flexibility index (Phi) is 5.57. The molecule has 2 saturated heterocycles. The van der Waals surface area contributed by atoms with Crippen LogP contribution in [0.25, 0.3) is 0 Å². The summed E-state index contributed by atoms with van der Waals surface area (Å²) in [5.74, 6) is -0.388. The molecule has 6 nitrogen and oxygen atoms in total. The number of amides is 2. The van der Waals surface area contributed by atoms with Crippen LogP contribution < -0.4 is 5.56 Å². The molecule has 0 aromatic carbocycles. The van der Waals surface area contributed by atoms with E-state index in [-0.39, 0.29) is 11.8 Å². The standard InChI is InChI=1S/C18H22F3N3O3/c19-18(20,21)14-4-3-9-24(17(14)27)12-15(25)22-10-5-13(6-11-22)16(26)23-7-1-2-8-23/h3-4,9,13H,1-2,5-8,10-12H2. The summed E-state index contributed by atoms with van der Waals surface area (Å²) >= 11 is 0. The molecule has 0 N–H and O–H groups in total. The largest absolute Gasteiger partial charge is 0.421 e. The molecule has 2 aliphatic rings. The summed E-state index contributed by atoms with van der Waals surface area (Å²) in [5.41, 5.74) is -2.51. The third-order valence-corrected chi connectivity index (χ3v) is 5.25. The highest BCUT2D eigenvalue weighted by atomic mass is 19.4. The predicted molar refractivity (Wildman–Crippen MR) is 90.8 cm³/mol. The third-order valence-electron chi connectivity index (χ3n) is 5.25. The molecular formula is C18H22F3N3O3. The van der Waals surface area contributed by atoms with Crippen LogP contribution >= 0.6 is 0 Å². The first-order chi connectivity index (χ1) is 12.8. The van der Waals surface area contributed by atoms with Crippen molar-refractivity contribution in [1.29, 1.82) is 0 Å². The Morgan fingerprint density at radius 2 is 1.67 bits per heavy atom. The number of rotatable bonds is 3. The molecule has 0 aliphatic carbocycles. The Balaban J connectivity index is 1.59. The number of carbonyl (C=O) groups excluding carboxylic acids is 2. The van der Waals surface area contributed by atoms with E-state index in [2.05, 4.69) is 0 Å². The molecule has 0 atom stereocenters. The van der Waals surface area contributed by atoms with Crippen LogP contribution in [0.4, 0.5) is 13.2 Å². The van der Waals surface area contributed by atoms with Gasteiger partial charge in [-0.3, -0.25) is 14.4 Å². The fraction of sp³-hybridized carbons (Fsp3) is 0.611. The van der Waals surface area contributed by atoms with Crippen LogP contribution in [-0.2, 0) is 22.3 Å². The highest BCUT2D eigenvalue weighted by Crippen LogP contribution is 2.26. The smallest absolute Gasteiger partial charge is 0.342 e. The van der Waals surface area contributed by atoms with E-state index >= 15 is 0 Å². The SMILES string of the molecule is O=C(Cn1cccc(C(F)(F)F)c1=O)N1CCC(C(=O)N2CCCC2)CC1. The Morgan fingerprint density at radius 3 is 2.26 bits per heavy atom. The average molecular weight is 385 g/mol. The van der Waals surface area contributed by atoms with E-state index in [0.717, 1.165) is 36.6 Å². The van der Waals surface area contributed by atoms with Crippen LogP contribution in [0.5, 0.6) is 0 Å². The Bertz CT molecular complexity index is 761. The number of alkyl halides is 3. The molecule has 0 spiro atoms. The lowest BCUT2D eigenvalue weighted by Crippen LogP contribution is -2.45. The summed E-state index contributed by atoms with van der Waals surface area (Å²) in [6.07, 6.45) is -0.447. The van der Waals surface area contributed by atoms with E-state index in [0.29, 0.717) is 32.0 Å². The second-order valence-corrected chi connectivity index (χ2v) is 7.04. The van der Waals surface area contributed by atoms with Crippen LogP contribution in [0.3, 0.4) is 0 Å². The number of pyridine rings is 1. The third kappa shape index (κ3) is 4.33. The molecule has 3 rings (SSSR count). The van der Waals surface area contributed by atoms with E-state index in [4.69, 9.17) is 0 Å². The lowest BCUT2D eigenvalue weighted by Gasteiger charge is -2.33. The first-order valence-electron chi connectivity index (χ1n) is 9.10. The summed E-state index contributed by atoms with van der Waals surface area (Å²) < 4.78 is 39.3. The Morgan fingerprint density at radius 1 is 1.04 bits per heavy atom. The van der Waals surface area contributed by atoms with Crippen LogP contribution in [0.1, 0.15) is 31.2 Å². The molecule has 2 amide bonds. The molecule has 1 aromatic rings. The van der Waals surface area contributed by atoms with Gasteiger partial charge in [0.2, 0.25) is 11.8 Å². The zero-order valence-electron chi connectivity index (χ0n) is 14.9. The molecule has 2 aliphatic heterocycles. The molecule has 3 heterocycles. The highest BCUT2D eigenvalue weighted by Gasteiger charge is 2.35. The molecular weight excluding hydrogens is 363 g/mol. The molecule has 0 unspecified atom stereocenters. The van der Waals surface area contributed by atoms with Crippen LogP contribution in [0.2, 0.25) is 0 Å². The maximum absolute atomic E-state index is 12.8. The van der Waals surface area contributed by atoms with Crippen molar-refractivity contribution in [3.63, 3.8) is 0 Å². The minimum atomic E-state index is -4.75. The van der Waals surface area contributed by atoms with Gasteiger partial charge in [-0.1, -0.05) is 0 Å². The van der Waals surface area contributed by atoms with E-state index in [1.165, 1.54) is 11.1 Å². The number of piperidine rings is 1. The number of nitrogens with zero attached hydrogens (tertiary/aromatic N) is 3. The first kappa shape index (κ1) is 19.4. The molecule has 1 aromatic heterocycles. The van der Waals surface area contributed by atoms with Gasteiger partial charge in [0.1, 0.15) is 12.1 Å². The van der Waals surface area contributed by atoms with Crippen molar-refractivity contribution in [2.45, 2.75) is 38.4 Å². The lowest BCUT2D eigenvalue weighted by atomic mass is 9.95. The first-order valence-corrected chi connectivity index (χ1v) is 9.10. The zero-order valence-corrected chi connectivity index (χ0v) is 14.9. The number of aromatic nitrogens is 1. The van der Waals surface area contributed by atoms with Gasteiger partial charge in [0.25, 0.3) is 5.56 Å². The number of likely N-dealkylation sites (tertiary alicyclic amines) is 2. The van der Waals surface area contributed by atoms with Crippen molar-refractivity contribution in [3.8, 4) is 0 Å². The highest BCUT2D eigenvalue weighted by molar-refractivity contribution is 5.80. The molecule has 0 saturated carbocycles. The van der Waals surface area contributed by atoms with Crippen LogP contribution in [0, 0.1) is 5.92 Å². The second-order valence-electron chi connectivity index (χ2n) is 7.04. The average Bonchev–Trinajstić information content (AvgIpc) is 3.16. The van der Waals surface area contributed by atoms with Gasteiger partial charge in [0.05, 0.1) is 0 Å². The summed E-state index contributed by atoms with van der Waals surface area (Å²) in [4.78, 5) is 40.1. The number of carbonyl (C=O) groups is 2. The van der Waals surface area contributed by atoms with E-state index < -0.39 is 29.8 Å². The minimum absolute atomic E-state index is 0.108. The van der Waals surface area contributed by atoms with Gasteiger partial charge in [-0.05, 0) is 37.8 Å². The van der Waals surface area contributed by atoms with Gasteiger partial charge in [0.15, 0.2) is 0 Å². The normalized spacial score (nSPS) is 18.8. The molecule has 2 fully saturated rings. The van der Waals surface area contributed by atoms with E-state index in [9.17, 15) is 27.6 Å². The second kappa shape index (κ2) is 7.74. The van der Waals surface area contributed by atoms with Gasteiger partial charge < -0.3 is 14.4 Å². The minimum Gasteiger partial charge on any atom is -0.342 e. The quantitative estimate of drug-likeness (QED) is 0.796. The molecule has 27 heavy (non-hydrogen) atoms. The van der Waals surface area contributed by atoms with Gasteiger partial charge in [0, 0.05) is 38.3 Å². The summed E-state index contributed by atoms with van der Waals surface area (Å²) in [6, 6.07) is 1.82. The van der Waals surface area contributed by atoms with Crippen LogP contribution in [0.15, 0.2) is 23.1 Å². The van der Waals surface area contributed by atoms with Gasteiger partial charge in [-0.15, -0.1) is 0 Å². The molecule has 0 bridgehead atoms.